The van der Waals surface area contributed by atoms with Gasteiger partial charge in [0, 0.05) is 66.4 Å². The van der Waals surface area contributed by atoms with Gasteiger partial charge in [-0.25, -0.2) is 14.4 Å². The SMILES string of the molecule is Cc1ccncc1-c1cc2cc(NC(=O)[C@H]3C(c4cn(C(c5ccccc5)(c5ccccc5)c5ccccc5)cn4)[C@@H]3c3cnn(C)c3)ncc2c(Cl)c1F. The maximum absolute atomic E-state index is 15.5. The first-order valence-corrected chi connectivity index (χ1v) is 18.4. The third kappa shape index (κ3) is 5.88. The van der Waals surface area contributed by atoms with Crippen LogP contribution in [0.25, 0.3) is 21.9 Å². The van der Waals surface area contributed by atoms with E-state index in [1.54, 1.807) is 29.2 Å². The van der Waals surface area contributed by atoms with E-state index in [1.807, 2.05) is 57.0 Å². The van der Waals surface area contributed by atoms with Crippen molar-refractivity contribution in [3.8, 4) is 11.1 Å². The normalized spacial score (nSPS) is 16.6. The molecule has 1 N–H and O–H groups in total. The van der Waals surface area contributed by atoms with Crippen molar-refractivity contribution in [2.75, 3.05) is 5.32 Å². The Morgan fingerprint density at radius 2 is 1.45 bits per heavy atom. The molecule has 1 fully saturated rings. The molecule has 0 aliphatic heterocycles. The standard InChI is InChI=1S/C45H35ClFN7O/c1-28-18-19-48-23-35(28)34-20-29-21-38(49-24-36(29)42(46)43(34)47)52-44(55)41-39(30-22-51-53(2)25-30)40(41)37-26-54(27-50-37)45(31-12-6-3-7-13-31,32-14-8-4-9-15-32)33-16-10-5-11-17-33/h3-27,39-41H,1-2H3,(H,49,52,55)/t39-,40?,41+/m0/s1. The zero-order valence-electron chi connectivity index (χ0n) is 30.0. The number of aromatic nitrogens is 6. The Balaban J connectivity index is 1.10. The molecule has 1 unspecified atom stereocenters. The fourth-order valence-corrected chi connectivity index (χ4v) is 8.42. The van der Waals surface area contributed by atoms with Crippen LogP contribution < -0.4 is 5.32 Å². The van der Waals surface area contributed by atoms with Crippen molar-refractivity contribution in [3.63, 3.8) is 0 Å². The fraction of sp³-hybridized carbons (Fsp3) is 0.133. The first kappa shape index (κ1) is 34.3. The number of nitrogens with zero attached hydrogens (tertiary/aromatic N) is 6. The summed E-state index contributed by atoms with van der Waals surface area (Å²) in [7, 11) is 1.87. The lowest BCUT2D eigenvalue weighted by Crippen LogP contribution is -2.36. The van der Waals surface area contributed by atoms with Crippen LogP contribution in [0.2, 0.25) is 5.02 Å². The summed E-state index contributed by atoms with van der Waals surface area (Å²) in [4.78, 5) is 28.0. The minimum atomic E-state index is -0.742. The lowest BCUT2D eigenvalue weighted by Gasteiger charge is -2.37. The van der Waals surface area contributed by atoms with E-state index >= 15 is 4.39 Å². The summed E-state index contributed by atoms with van der Waals surface area (Å²) in [5.74, 6) is -1.24. The number of pyridine rings is 2. The van der Waals surface area contributed by atoms with Gasteiger partial charge in [0.15, 0.2) is 0 Å². The zero-order chi connectivity index (χ0) is 37.7. The van der Waals surface area contributed by atoms with Crippen molar-refractivity contribution in [3.05, 3.63) is 197 Å². The van der Waals surface area contributed by atoms with Crippen LogP contribution in [0.4, 0.5) is 10.2 Å². The second-order valence-electron chi connectivity index (χ2n) is 14.1. The molecule has 0 saturated heterocycles. The molecule has 4 heterocycles. The molecule has 1 saturated carbocycles. The number of anilines is 1. The van der Waals surface area contributed by atoms with Crippen LogP contribution in [0.1, 0.15) is 45.3 Å². The largest absolute Gasteiger partial charge is 0.319 e. The number of amides is 1. The van der Waals surface area contributed by atoms with Crippen molar-refractivity contribution in [2.24, 2.45) is 13.0 Å². The molecule has 0 bridgehead atoms. The minimum Gasteiger partial charge on any atom is -0.319 e. The van der Waals surface area contributed by atoms with Crippen molar-refractivity contribution >= 4 is 34.1 Å². The first-order valence-electron chi connectivity index (χ1n) is 18.0. The van der Waals surface area contributed by atoms with Crippen molar-refractivity contribution in [1.82, 2.24) is 29.3 Å². The predicted molar refractivity (Wildman–Crippen MR) is 212 cm³/mol. The van der Waals surface area contributed by atoms with Crippen LogP contribution >= 0.6 is 11.6 Å². The van der Waals surface area contributed by atoms with Gasteiger partial charge in [0.05, 0.1) is 29.2 Å². The second kappa shape index (κ2) is 13.8. The van der Waals surface area contributed by atoms with E-state index in [0.717, 1.165) is 33.5 Å². The molecule has 0 spiro atoms. The van der Waals surface area contributed by atoms with E-state index < -0.39 is 17.3 Å². The van der Waals surface area contributed by atoms with Crippen LogP contribution in [-0.2, 0) is 17.4 Å². The molecule has 1 amide bonds. The summed E-state index contributed by atoms with van der Waals surface area (Å²) >= 11 is 6.54. The monoisotopic (exact) mass is 743 g/mol. The van der Waals surface area contributed by atoms with Crippen LogP contribution in [0.3, 0.4) is 0 Å². The van der Waals surface area contributed by atoms with Gasteiger partial charge in [-0.2, -0.15) is 5.10 Å². The molecule has 9 rings (SSSR count). The van der Waals surface area contributed by atoms with Gasteiger partial charge in [-0.15, -0.1) is 0 Å². The third-order valence-corrected chi connectivity index (χ3v) is 11.2. The minimum absolute atomic E-state index is 0.0341. The first-order chi connectivity index (χ1) is 26.8. The maximum Gasteiger partial charge on any atom is 0.229 e. The molecule has 55 heavy (non-hydrogen) atoms. The number of carbonyl (C=O) groups excluding carboxylic acids is 1. The molecule has 270 valence electrons. The maximum atomic E-state index is 15.5. The topological polar surface area (TPSA) is 90.5 Å². The predicted octanol–water partition coefficient (Wildman–Crippen LogP) is 9.30. The van der Waals surface area contributed by atoms with Crippen LogP contribution in [0.15, 0.2) is 153 Å². The highest BCUT2D eigenvalue weighted by Crippen LogP contribution is 2.60. The molecule has 10 heteroatoms. The average Bonchev–Trinajstić information content (AvgIpc) is 3.49. The molecule has 3 atom stereocenters. The fourth-order valence-electron chi connectivity index (χ4n) is 8.16. The summed E-state index contributed by atoms with van der Waals surface area (Å²) < 4.78 is 19.4. The Hall–Kier alpha value is -6.45. The van der Waals surface area contributed by atoms with Gasteiger partial charge in [-0.1, -0.05) is 103 Å². The van der Waals surface area contributed by atoms with Gasteiger partial charge < -0.3 is 9.88 Å². The van der Waals surface area contributed by atoms with Crippen LogP contribution in [0, 0.1) is 18.7 Å². The highest BCUT2D eigenvalue weighted by atomic mass is 35.5. The highest BCUT2D eigenvalue weighted by molar-refractivity contribution is 6.36. The van der Waals surface area contributed by atoms with Crippen LogP contribution in [-0.4, -0.2) is 35.2 Å². The smallest absolute Gasteiger partial charge is 0.229 e. The molecule has 4 aromatic heterocycles. The Labute approximate surface area is 322 Å². The van der Waals surface area contributed by atoms with Gasteiger partial charge in [0.1, 0.15) is 17.2 Å². The molecule has 1 aliphatic carbocycles. The van der Waals surface area contributed by atoms with Crippen molar-refractivity contribution in [2.45, 2.75) is 24.3 Å². The number of benzene rings is 4. The van der Waals surface area contributed by atoms with E-state index in [0.29, 0.717) is 27.7 Å². The number of hydrogen-bond acceptors (Lipinski definition) is 5. The van der Waals surface area contributed by atoms with Gasteiger partial charge >= 0.3 is 0 Å². The number of carbonyl (C=O) groups is 1. The number of imidazole rings is 1. The lowest BCUT2D eigenvalue weighted by molar-refractivity contribution is -0.117. The number of hydrogen-bond donors (Lipinski definition) is 1. The zero-order valence-corrected chi connectivity index (χ0v) is 30.8. The van der Waals surface area contributed by atoms with E-state index in [1.165, 1.54) is 6.20 Å². The molecular formula is C45H35ClFN7O. The number of halogens is 2. The van der Waals surface area contributed by atoms with E-state index in [4.69, 9.17) is 16.6 Å². The molecule has 8 aromatic rings. The Morgan fingerprint density at radius 3 is 2.05 bits per heavy atom. The molecule has 0 radical (unpaired) electrons. The van der Waals surface area contributed by atoms with Crippen molar-refractivity contribution in [1.29, 1.82) is 0 Å². The van der Waals surface area contributed by atoms with Gasteiger partial charge in [0.25, 0.3) is 0 Å². The third-order valence-electron chi connectivity index (χ3n) is 10.8. The summed E-state index contributed by atoms with van der Waals surface area (Å²) in [6, 6.07) is 36.5. The molecular weight excluding hydrogens is 709 g/mol. The Kier molecular flexibility index (Phi) is 8.58. The number of fused-ring (bicyclic) bond motifs is 1. The number of aryl methyl sites for hydroxylation is 2. The van der Waals surface area contributed by atoms with Gasteiger partial charge in [0.2, 0.25) is 5.91 Å². The summed E-state index contributed by atoms with van der Waals surface area (Å²) in [5.41, 5.74) is 6.08. The average molecular weight is 744 g/mol. The summed E-state index contributed by atoms with van der Waals surface area (Å²) in [5, 5.41) is 8.55. The van der Waals surface area contributed by atoms with E-state index in [-0.39, 0.29) is 22.8 Å². The molecule has 4 aromatic carbocycles. The highest BCUT2D eigenvalue weighted by Gasteiger charge is 2.58. The molecule has 1 aliphatic rings. The van der Waals surface area contributed by atoms with Gasteiger partial charge in [-0.05, 0) is 58.3 Å². The lowest BCUT2D eigenvalue weighted by atomic mass is 9.77. The summed E-state index contributed by atoms with van der Waals surface area (Å²) in [6.45, 7) is 1.89. The van der Waals surface area contributed by atoms with Gasteiger partial charge in [-0.3, -0.25) is 14.5 Å². The number of rotatable bonds is 9. The number of nitrogens with one attached hydrogen (secondary N) is 1. The Morgan fingerprint density at radius 1 is 0.800 bits per heavy atom. The van der Waals surface area contributed by atoms with Crippen LogP contribution in [0.5, 0.6) is 0 Å². The van der Waals surface area contributed by atoms with E-state index in [9.17, 15) is 4.79 Å². The van der Waals surface area contributed by atoms with E-state index in [2.05, 4.69) is 104 Å². The second-order valence-corrected chi connectivity index (χ2v) is 14.4. The summed E-state index contributed by atoms with van der Waals surface area (Å²) in [6.07, 6.45) is 12.5. The molecule has 8 nitrogen and oxygen atoms in total. The Bertz CT molecular complexity index is 2580. The quantitative estimate of drug-likeness (QED) is 0.149. The van der Waals surface area contributed by atoms with Crippen molar-refractivity contribution < 1.29 is 9.18 Å².